The zero-order chi connectivity index (χ0) is 16.5. The van der Waals surface area contributed by atoms with Crippen LogP contribution in [0.15, 0.2) is 18.3 Å². The highest BCUT2D eigenvalue weighted by atomic mass is 19.4. The summed E-state index contributed by atoms with van der Waals surface area (Å²) >= 11 is 0. The second-order valence-electron chi connectivity index (χ2n) is 5.83. The van der Waals surface area contributed by atoms with Gasteiger partial charge in [0.05, 0.1) is 12.1 Å². The van der Waals surface area contributed by atoms with Gasteiger partial charge in [-0.1, -0.05) is 6.92 Å². The third-order valence-corrected chi connectivity index (χ3v) is 3.91. The fourth-order valence-electron chi connectivity index (χ4n) is 2.82. The van der Waals surface area contributed by atoms with Crippen molar-refractivity contribution in [3.05, 3.63) is 23.9 Å². The number of pyridine rings is 1. The monoisotopic (exact) mass is 323 g/mol. The summed E-state index contributed by atoms with van der Waals surface area (Å²) in [5.41, 5.74) is -0.819. The molecule has 8 heteroatoms. The summed E-state index contributed by atoms with van der Waals surface area (Å²) in [5, 5.41) is 2.92. The Morgan fingerprint density at radius 1 is 1.36 bits per heavy atom. The van der Waals surface area contributed by atoms with Gasteiger partial charge in [-0.05, 0) is 25.1 Å². The first-order valence-corrected chi connectivity index (χ1v) is 6.94. The van der Waals surface area contributed by atoms with E-state index in [-0.39, 0.29) is 24.9 Å². The third kappa shape index (κ3) is 4.06. The average molecular weight is 323 g/mol. The number of alkyl halides is 5. The number of nitrogens with zero attached hydrogens (tertiary/aromatic N) is 2. The molecule has 0 amide bonds. The van der Waals surface area contributed by atoms with Gasteiger partial charge in [0.15, 0.2) is 0 Å². The second-order valence-corrected chi connectivity index (χ2v) is 5.83. The summed E-state index contributed by atoms with van der Waals surface area (Å²) in [6.45, 7) is 1.78. The molecule has 1 fully saturated rings. The molecular formula is C14H18F5N3. The quantitative estimate of drug-likeness (QED) is 0.863. The molecule has 2 atom stereocenters. The SMILES string of the molecule is C[C@@H]1CC(F)(F)CN(C)[C@@H]1CNc1ccc(C(F)(F)F)cn1. The molecule has 3 nitrogen and oxygen atoms in total. The van der Waals surface area contributed by atoms with Crippen molar-refractivity contribution in [3.63, 3.8) is 0 Å². The molecule has 1 aromatic rings. The molecule has 1 aliphatic heterocycles. The van der Waals surface area contributed by atoms with Gasteiger partial charge in [-0.3, -0.25) is 4.90 Å². The molecule has 2 rings (SSSR count). The summed E-state index contributed by atoms with van der Waals surface area (Å²) in [6, 6.07) is 2.06. The number of halogens is 5. The van der Waals surface area contributed by atoms with Gasteiger partial charge >= 0.3 is 6.18 Å². The van der Waals surface area contributed by atoms with Crippen LogP contribution in [0.4, 0.5) is 27.8 Å². The second kappa shape index (κ2) is 5.98. The molecule has 1 N–H and O–H groups in total. The minimum Gasteiger partial charge on any atom is -0.368 e. The highest BCUT2D eigenvalue weighted by molar-refractivity contribution is 5.36. The standard InChI is InChI=1S/C14H18F5N3/c1-9-5-13(15,16)8-22(2)11(9)7-21-12-4-3-10(6-20-12)14(17,18)19/h3-4,6,9,11H,5,7-8H2,1-2H3,(H,20,21)/t9-,11-/m1/s1. The molecule has 0 saturated carbocycles. The van der Waals surface area contributed by atoms with Crippen molar-refractivity contribution in [3.8, 4) is 0 Å². The zero-order valence-corrected chi connectivity index (χ0v) is 12.3. The maximum absolute atomic E-state index is 13.4. The van der Waals surface area contributed by atoms with Gasteiger partial charge in [0.1, 0.15) is 5.82 Å². The molecule has 0 aromatic carbocycles. The van der Waals surface area contributed by atoms with E-state index in [2.05, 4.69) is 10.3 Å². The van der Waals surface area contributed by atoms with E-state index in [1.807, 2.05) is 0 Å². The number of likely N-dealkylation sites (tertiary alicyclic amines) is 1. The average Bonchev–Trinajstić information content (AvgIpc) is 2.35. The van der Waals surface area contributed by atoms with Gasteiger partial charge in [-0.15, -0.1) is 0 Å². The predicted molar refractivity (Wildman–Crippen MR) is 72.9 cm³/mol. The number of piperidine rings is 1. The number of rotatable bonds is 3. The maximum atomic E-state index is 13.4. The van der Waals surface area contributed by atoms with Crippen molar-refractivity contribution in [2.24, 2.45) is 5.92 Å². The van der Waals surface area contributed by atoms with Crippen LogP contribution in [0.3, 0.4) is 0 Å². The summed E-state index contributed by atoms with van der Waals surface area (Å²) in [7, 11) is 1.62. The smallest absolute Gasteiger partial charge is 0.368 e. The minimum absolute atomic E-state index is 0.122. The Kier molecular flexibility index (Phi) is 4.60. The lowest BCUT2D eigenvalue weighted by atomic mass is 9.89. The van der Waals surface area contributed by atoms with Gasteiger partial charge in [-0.2, -0.15) is 13.2 Å². The molecule has 124 valence electrons. The molecule has 0 aliphatic carbocycles. The molecule has 0 radical (unpaired) electrons. The molecule has 1 aromatic heterocycles. The Morgan fingerprint density at radius 3 is 2.55 bits per heavy atom. The van der Waals surface area contributed by atoms with Crippen LogP contribution in [-0.2, 0) is 6.18 Å². The van der Waals surface area contributed by atoms with Crippen molar-refractivity contribution >= 4 is 5.82 Å². The first-order chi connectivity index (χ1) is 10.1. The van der Waals surface area contributed by atoms with Crippen LogP contribution >= 0.6 is 0 Å². The molecule has 2 heterocycles. The van der Waals surface area contributed by atoms with Gasteiger partial charge in [-0.25, -0.2) is 13.8 Å². The Hall–Kier alpha value is -1.44. The van der Waals surface area contributed by atoms with Crippen LogP contribution in [0.2, 0.25) is 0 Å². The number of hydrogen-bond acceptors (Lipinski definition) is 3. The van der Waals surface area contributed by atoms with Crippen LogP contribution in [0, 0.1) is 5.92 Å². The molecule has 1 aliphatic rings. The zero-order valence-electron chi connectivity index (χ0n) is 12.3. The van der Waals surface area contributed by atoms with Crippen LogP contribution < -0.4 is 5.32 Å². The summed E-state index contributed by atoms with van der Waals surface area (Å²) in [4.78, 5) is 5.29. The van der Waals surface area contributed by atoms with E-state index in [0.717, 1.165) is 12.3 Å². The summed E-state index contributed by atoms with van der Waals surface area (Å²) in [6.07, 6.45) is -3.86. The molecule has 22 heavy (non-hydrogen) atoms. The Labute approximate surface area is 125 Å². The molecular weight excluding hydrogens is 305 g/mol. The van der Waals surface area contributed by atoms with Crippen molar-refractivity contribution in [1.29, 1.82) is 0 Å². The lowest BCUT2D eigenvalue weighted by Crippen LogP contribution is -2.53. The number of anilines is 1. The van der Waals surface area contributed by atoms with Crippen LogP contribution in [0.1, 0.15) is 18.9 Å². The topological polar surface area (TPSA) is 28.2 Å². The van der Waals surface area contributed by atoms with E-state index >= 15 is 0 Å². The number of aromatic nitrogens is 1. The maximum Gasteiger partial charge on any atom is 0.417 e. The van der Waals surface area contributed by atoms with Crippen molar-refractivity contribution in [2.75, 3.05) is 25.5 Å². The first-order valence-electron chi connectivity index (χ1n) is 6.94. The van der Waals surface area contributed by atoms with E-state index in [4.69, 9.17) is 0 Å². The first kappa shape index (κ1) is 16.9. The lowest BCUT2D eigenvalue weighted by Gasteiger charge is -2.41. The highest BCUT2D eigenvalue weighted by Crippen LogP contribution is 2.33. The van der Waals surface area contributed by atoms with E-state index in [0.29, 0.717) is 12.4 Å². The Bertz CT molecular complexity index is 486. The molecule has 0 bridgehead atoms. The van der Waals surface area contributed by atoms with E-state index in [1.165, 1.54) is 6.07 Å². The highest BCUT2D eigenvalue weighted by Gasteiger charge is 2.42. The van der Waals surface area contributed by atoms with Gasteiger partial charge in [0.25, 0.3) is 5.92 Å². The Balaban J connectivity index is 1.95. The fourth-order valence-corrected chi connectivity index (χ4v) is 2.82. The number of hydrogen-bond donors (Lipinski definition) is 1. The van der Waals surface area contributed by atoms with Gasteiger partial charge < -0.3 is 5.32 Å². The summed E-state index contributed by atoms with van der Waals surface area (Å²) < 4.78 is 64.1. The predicted octanol–water partition coefficient (Wildman–Crippen LogP) is 3.49. The minimum atomic E-state index is -4.42. The van der Waals surface area contributed by atoms with E-state index in [1.54, 1.807) is 18.9 Å². The fraction of sp³-hybridized carbons (Fsp3) is 0.643. The lowest BCUT2D eigenvalue weighted by molar-refractivity contribution is -0.137. The van der Waals surface area contributed by atoms with Crippen LogP contribution in [0.5, 0.6) is 0 Å². The van der Waals surface area contributed by atoms with E-state index in [9.17, 15) is 22.0 Å². The number of likely N-dealkylation sites (N-methyl/N-ethyl adjacent to an activating group) is 1. The van der Waals surface area contributed by atoms with Crippen molar-refractivity contribution < 1.29 is 22.0 Å². The van der Waals surface area contributed by atoms with Gasteiger partial charge in [0, 0.05) is 25.2 Å². The number of nitrogens with one attached hydrogen (secondary N) is 1. The summed E-state index contributed by atoms with van der Waals surface area (Å²) in [5.74, 6) is -2.63. The van der Waals surface area contributed by atoms with Crippen molar-refractivity contribution in [2.45, 2.75) is 31.5 Å². The van der Waals surface area contributed by atoms with Crippen molar-refractivity contribution in [1.82, 2.24) is 9.88 Å². The Morgan fingerprint density at radius 2 is 2.05 bits per heavy atom. The molecule has 1 saturated heterocycles. The normalized spacial score (nSPS) is 26.0. The van der Waals surface area contributed by atoms with E-state index < -0.39 is 17.7 Å². The molecule has 0 spiro atoms. The van der Waals surface area contributed by atoms with Gasteiger partial charge in [0.2, 0.25) is 0 Å². The third-order valence-electron chi connectivity index (χ3n) is 3.91. The molecule has 0 unspecified atom stereocenters. The van der Waals surface area contributed by atoms with Crippen LogP contribution in [0.25, 0.3) is 0 Å². The largest absolute Gasteiger partial charge is 0.417 e. The van der Waals surface area contributed by atoms with Crippen LogP contribution in [-0.4, -0.2) is 42.0 Å².